The summed E-state index contributed by atoms with van der Waals surface area (Å²) < 4.78 is 20.4. The highest BCUT2D eigenvalue weighted by Gasteiger charge is 2.30. The Balaban J connectivity index is 1.79. The Morgan fingerprint density at radius 2 is 1.62 bits per heavy atom. The number of ether oxygens (including phenoxy) is 1. The average Bonchev–Trinajstić information content (AvgIpc) is 2.89. The number of hydrogen-bond donors (Lipinski definition) is 1. The van der Waals surface area contributed by atoms with Crippen LogP contribution in [0.4, 0.5) is 4.39 Å². The van der Waals surface area contributed by atoms with Gasteiger partial charge in [0, 0.05) is 31.5 Å². The highest BCUT2D eigenvalue weighted by molar-refractivity contribution is 5.88. The van der Waals surface area contributed by atoms with Crippen LogP contribution >= 0.6 is 0 Å². The summed E-state index contributed by atoms with van der Waals surface area (Å²) in [6.45, 7) is 6.92. The van der Waals surface area contributed by atoms with Crippen LogP contribution in [0.2, 0.25) is 0 Å². The largest absolute Gasteiger partial charge is 0.494 e. The van der Waals surface area contributed by atoms with Gasteiger partial charge in [-0.15, -0.1) is 0 Å². The lowest BCUT2D eigenvalue weighted by Gasteiger charge is -2.32. The molecule has 1 atom stereocenters. The van der Waals surface area contributed by atoms with Crippen LogP contribution in [0.5, 0.6) is 5.75 Å². The van der Waals surface area contributed by atoms with E-state index in [0.717, 1.165) is 16.9 Å². The number of carbonyl (C=O) groups is 2. The highest BCUT2D eigenvalue weighted by atomic mass is 19.1. The van der Waals surface area contributed by atoms with Gasteiger partial charge in [0.15, 0.2) is 0 Å². The molecule has 0 bridgehead atoms. The maximum atomic E-state index is 14.6. The van der Waals surface area contributed by atoms with E-state index in [2.05, 4.69) is 5.32 Å². The minimum Gasteiger partial charge on any atom is -0.494 e. The van der Waals surface area contributed by atoms with Gasteiger partial charge in [0.25, 0.3) is 0 Å². The monoisotopic (exact) mass is 504 g/mol. The first-order chi connectivity index (χ1) is 17.8. The van der Waals surface area contributed by atoms with Crippen LogP contribution in [0, 0.1) is 18.7 Å². The van der Waals surface area contributed by atoms with E-state index in [9.17, 15) is 14.0 Å². The van der Waals surface area contributed by atoms with Gasteiger partial charge in [-0.2, -0.15) is 0 Å². The smallest absolute Gasteiger partial charge is 0.243 e. The molecule has 3 aromatic carbocycles. The van der Waals surface area contributed by atoms with Crippen LogP contribution in [0.1, 0.15) is 43.4 Å². The lowest BCUT2D eigenvalue weighted by molar-refractivity contribution is -0.141. The van der Waals surface area contributed by atoms with Gasteiger partial charge in [0.1, 0.15) is 17.6 Å². The van der Waals surface area contributed by atoms with Crippen LogP contribution in [0.15, 0.2) is 78.9 Å². The molecule has 0 heterocycles. The van der Waals surface area contributed by atoms with Gasteiger partial charge in [0.2, 0.25) is 11.8 Å². The van der Waals surface area contributed by atoms with Crippen LogP contribution in [-0.2, 0) is 22.6 Å². The molecule has 0 spiro atoms. The number of hydrogen-bond acceptors (Lipinski definition) is 3. The molecule has 5 nitrogen and oxygen atoms in total. The molecule has 196 valence electrons. The van der Waals surface area contributed by atoms with Gasteiger partial charge in [-0.1, -0.05) is 80.1 Å². The number of benzene rings is 3. The summed E-state index contributed by atoms with van der Waals surface area (Å²) in [5.41, 5.74) is 2.45. The van der Waals surface area contributed by atoms with Crippen molar-refractivity contribution in [3.8, 4) is 5.75 Å². The molecule has 0 fully saturated rings. The van der Waals surface area contributed by atoms with Gasteiger partial charge in [0.05, 0.1) is 6.61 Å². The van der Waals surface area contributed by atoms with Gasteiger partial charge in [-0.25, -0.2) is 4.39 Å². The molecular weight excluding hydrogens is 467 g/mol. The van der Waals surface area contributed by atoms with Crippen molar-refractivity contribution in [2.45, 2.75) is 52.6 Å². The Kier molecular flexibility index (Phi) is 10.7. The molecule has 37 heavy (non-hydrogen) atoms. The molecule has 0 unspecified atom stereocenters. The third-order valence-electron chi connectivity index (χ3n) is 6.08. The average molecular weight is 505 g/mol. The lowest BCUT2D eigenvalue weighted by Crippen LogP contribution is -2.51. The number of nitrogens with zero attached hydrogens (tertiary/aromatic N) is 1. The van der Waals surface area contributed by atoms with Gasteiger partial charge < -0.3 is 15.0 Å². The van der Waals surface area contributed by atoms with E-state index in [0.29, 0.717) is 31.6 Å². The summed E-state index contributed by atoms with van der Waals surface area (Å²) in [5.74, 6) is 0.158. The maximum absolute atomic E-state index is 14.6. The third kappa shape index (κ3) is 9.05. The van der Waals surface area contributed by atoms with Crippen molar-refractivity contribution in [1.29, 1.82) is 0 Å². The SMILES string of the molecule is Cc1ccc(OCCCC(=O)N(Cc2ccccc2F)[C@@H](Cc2ccccc2)C(=O)NCC(C)C)cc1. The second-order valence-corrected chi connectivity index (χ2v) is 9.72. The Labute approximate surface area is 219 Å². The summed E-state index contributed by atoms with van der Waals surface area (Å²) in [4.78, 5) is 28.5. The second-order valence-electron chi connectivity index (χ2n) is 9.72. The molecule has 0 aliphatic carbocycles. The first-order valence-corrected chi connectivity index (χ1v) is 12.9. The topological polar surface area (TPSA) is 58.6 Å². The third-order valence-corrected chi connectivity index (χ3v) is 6.08. The first-order valence-electron chi connectivity index (χ1n) is 12.9. The molecule has 3 aromatic rings. The van der Waals surface area contributed by atoms with Crippen LogP contribution in [0.25, 0.3) is 0 Å². The summed E-state index contributed by atoms with van der Waals surface area (Å²) in [6, 6.07) is 22.9. The Bertz CT molecular complexity index is 1130. The molecule has 2 amide bonds. The van der Waals surface area contributed by atoms with E-state index in [-0.39, 0.29) is 30.7 Å². The maximum Gasteiger partial charge on any atom is 0.243 e. The van der Waals surface area contributed by atoms with Crippen molar-refractivity contribution in [3.63, 3.8) is 0 Å². The van der Waals surface area contributed by atoms with Gasteiger partial charge in [-0.3, -0.25) is 9.59 Å². The standard InChI is InChI=1S/C31H37FN2O3/c1-23(2)21-33-31(36)29(20-25-10-5-4-6-11-25)34(22-26-12-7-8-13-28(26)32)30(35)14-9-19-37-27-17-15-24(3)16-18-27/h4-8,10-13,15-18,23,29H,9,14,19-22H2,1-3H3,(H,33,36)/t29-/m0/s1. The molecule has 3 rings (SSSR count). The molecule has 0 aromatic heterocycles. The summed E-state index contributed by atoms with van der Waals surface area (Å²) in [6.07, 6.45) is 1.00. The normalized spacial score (nSPS) is 11.7. The predicted molar refractivity (Wildman–Crippen MR) is 145 cm³/mol. The fourth-order valence-electron chi connectivity index (χ4n) is 3.98. The first kappa shape index (κ1) is 27.9. The fraction of sp³-hybridized carbons (Fsp3) is 0.355. The lowest BCUT2D eigenvalue weighted by atomic mass is 10.0. The zero-order valence-corrected chi connectivity index (χ0v) is 22.0. The van der Waals surface area contributed by atoms with Crippen molar-refractivity contribution < 1.29 is 18.7 Å². The highest BCUT2D eigenvalue weighted by Crippen LogP contribution is 2.19. The van der Waals surface area contributed by atoms with Crippen molar-refractivity contribution >= 4 is 11.8 Å². The number of amides is 2. The second kappa shape index (κ2) is 14.2. The predicted octanol–water partition coefficient (Wildman–Crippen LogP) is 5.71. The molecule has 6 heteroatoms. The Morgan fingerprint density at radius 1 is 0.946 bits per heavy atom. The van der Waals surface area contributed by atoms with Crippen molar-refractivity contribution in [2.24, 2.45) is 5.92 Å². The molecule has 0 saturated carbocycles. The van der Waals surface area contributed by atoms with E-state index >= 15 is 0 Å². The number of nitrogens with one attached hydrogen (secondary N) is 1. The minimum atomic E-state index is -0.772. The van der Waals surface area contributed by atoms with Crippen molar-refractivity contribution in [2.75, 3.05) is 13.2 Å². The summed E-state index contributed by atoms with van der Waals surface area (Å²) >= 11 is 0. The van der Waals surface area contributed by atoms with E-state index in [4.69, 9.17) is 4.74 Å². The summed E-state index contributed by atoms with van der Waals surface area (Å²) in [7, 11) is 0. The Hall–Kier alpha value is -3.67. The molecule has 1 N–H and O–H groups in total. The zero-order chi connectivity index (χ0) is 26.6. The molecular formula is C31H37FN2O3. The van der Waals surface area contributed by atoms with Crippen LogP contribution < -0.4 is 10.1 Å². The van der Waals surface area contributed by atoms with Crippen LogP contribution in [0.3, 0.4) is 0 Å². The van der Waals surface area contributed by atoms with E-state index in [1.165, 1.54) is 11.0 Å². The quantitative estimate of drug-likeness (QED) is 0.304. The molecule has 0 aliphatic rings. The molecule has 0 aliphatic heterocycles. The molecule has 0 saturated heterocycles. The number of carbonyl (C=O) groups excluding carboxylic acids is 2. The molecule has 0 radical (unpaired) electrons. The van der Waals surface area contributed by atoms with E-state index < -0.39 is 11.9 Å². The fourth-order valence-corrected chi connectivity index (χ4v) is 3.98. The van der Waals surface area contributed by atoms with Gasteiger partial charge >= 0.3 is 0 Å². The number of aryl methyl sites for hydroxylation is 1. The van der Waals surface area contributed by atoms with E-state index in [1.807, 2.05) is 75.4 Å². The van der Waals surface area contributed by atoms with Crippen molar-refractivity contribution in [1.82, 2.24) is 10.2 Å². The minimum absolute atomic E-state index is 0.0108. The zero-order valence-electron chi connectivity index (χ0n) is 22.0. The van der Waals surface area contributed by atoms with Gasteiger partial charge in [-0.05, 0) is 43.0 Å². The number of halogens is 1. The van der Waals surface area contributed by atoms with Crippen molar-refractivity contribution in [3.05, 3.63) is 101 Å². The van der Waals surface area contributed by atoms with Crippen LogP contribution in [-0.4, -0.2) is 35.9 Å². The summed E-state index contributed by atoms with van der Waals surface area (Å²) in [5, 5.41) is 2.98. The van der Waals surface area contributed by atoms with E-state index in [1.54, 1.807) is 18.2 Å². The Morgan fingerprint density at radius 3 is 2.30 bits per heavy atom. The number of rotatable bonds is 13.